The minimum atomic E-state index is -0.558. The number of ketones is 1. The van der Waals surface area contributed by atoms with E-state index < -0.39 is 11.7 Å². The van der Waals surface area contributed by atoms with Gasteiger partial charge in [-0.3, -0.25) is 4.79 Å². The first kappa shape index (κ1) is 16.2. The molecule has 0 spiro atoms. The topological polar surface area (TPSA) is 46.6 Å². The van der Waals surface area contributed by atoms with Crippen molar-refractivity contribution >= 4 is 11.9 Å². The molecule has 0 N–H and O–H groups in total. The summed E-state index contributed by atoms with van der Waals surface area (Å²) in [7, 11) is 0. The Bertz CT molecular complexity index is 471. The van der Waals surface area contributed by atoms with Crippen molar-refractivity contribution in [1.82, 2.24) is 4.90 Å². The zero-order valence-corrected chi connectivity index (χ0v) is 12.9. The van der Waals surface area contributed by atoms with Gasteiger partial charge in [0.2, 0.25) is 0 Å². The third kappa shape index (κ3) is 5.03. The fourth-order valence-corrected chi connectivity index (χ4v) is 1.64. The highest BCUT2D eigenvalue weighted by atomic mass is 16.6. The summed E-state index contributed by atoms with van der Waals surface area (Å²) in [6.07, 6.45) is -0.458. The molecule has 0 bridgehead atoms. The van der Waals surface area contributed by atoms with Crippen LogP contribution in [-0.4, -0.2) is 35.5 Å². The van der Waals surface area contributed by atoms with Gasteiger partial charge in [0.15, 0.2) is 5.78 Å². The van der Waals surface area contributed by atoms with E-state index in [1.54, 1.807) is 32.9 Å². The molecule has 0 radical (unpaired) electrons. The van der Waals surface area contributed by atoms with Crippen LogP contribution in [0, 0.1) is 6.92 Å². The van der Waals surface area contributed by atoms with Crippen molar-refractivity contribution in [2.45, 2.75) is 40.2 Å². The summed E-state index contributed by atoms with van der Waals surface area (Å²) in [5.74, 6) is -0.0855. The molecule has 1 aromatic carbocycles. The van der Waals surface area contributed by atoms with Gasteiger partial charge in [-0.1, -0.05) is 29.8 Å². The molecule has 0 aromatic heterocycles. The smallest absolute Gasteiger partial charge is 0.410 e. The molecule has 0 fully saturated rings. The van der Waals surface area contributed by atoms with Crippen molar-refractivity contribution in [3.05, 3.63) is 35.4 Å². The quantitative estimate of drug-likeness (QED) is 0.792. The van der Waals surface area contributed by atoms with Crippen LogP contribution in [-0.2, 0) is 4.74 Å². The molecule has 0 saturated carbocycles. The Hall–Kier alpha value is -1.84. The van der Waals surface area contributed by atoms with Gasteiger partial charge in [0.1, 0.15) is 5.60 Å². The summed E-state index contributed by atoms with van der Waals surface area (Å²) >= 11 is 0. The van der Waals surface area contributed by atoms with E-state index in [4.69, 9.17) is 4.74 Å². The number of rotatable bonds is 4. The molecule has 0 aliphatic carbocycles. The summed E-state index contributed by atoms with van der Waals surface area (Å²) in [4.78, 5) is 25.5. The highest BCUT2D eigenvalue weighted by Crippen LogP contribution is 2.11. The summed E-state index contributed by atoms with van der Waals surface area (Å²) in [5, 5.41) is 0. The largest absolute Gasteiger partial charge is 0.444 e. The Kier molecular flexibility index (Phi) is 5.31. The third-order valence-electron chi connectivity index (χ3n) is 2.74. The van der Waals surface area contributed by atoms with Crippen LogP contribution in [0.5, 0.6) is 0 Å². The van der Waals surface area contributed by atoms with E-state index in [1.807, 2.05) is 26.0 Å². The van der Waals surface area contributed by atoms with Crippen molar-refractivity contribution in [3.8, 4) is 0 Å². The molecule has 0 aliphatic heterocycles. The molecule has 1 aromatic rings. The number of benzene rings is 1. The van der Waals surface area contributed by atoms with Gasteiger partial charge in [0.25, 0.3) is 0 Å². The third-order valence-corrected chi connectivity index (χ3v) is 2.74. The monoisotopic (exact) mass is 277 g/mol. The number of likely N-dealkylation sites (N-methyl/N-ethyl adjacent to an activating group) is 1. The first-order valence-corrected chi connectivity index (χ1v) is 6.80. The zero-order valence-electron chi connectivity index (χ0n) is 12.9. The van der Waals surface area contributed by atoms with E-state index in [2.05, 4.69) is 0 Å². The molecular formula is C16H23NO3. The first-order chi connectivity index (χ1) is 9.23. The predicted octanol–water partition coefficient (Wildman–Crippen LogP) is 3.43. The Morgan fingerprint density at radius 2 is 1.70 bits per heavy atom. The summed E-state index contributed by atoms with van der Waals surface area (Å²) in [6.45, 7) is 9.68. The van der Waals surface area contributed by atoms with Crippen LogP contribution in [0.25, 0.3) is 0 Å². The lowest BCUT2D eigenvalue weighted by molar-refractivity contribution is 0.0257. The fraction of sp³-hybridized carbons (Fsp3) is 0.500. The van der Waals surface area contributed by atoms with E-state index in [9.17, 15) is 9.59 Å². The number of hydrogen-bond donors (Lipinski definition) is 0. The SMILES string of the molecule is CCN(CC(=O)c1ccc(C)cc1)C(=O)OC(C)(C)C. The Morgan fingerprint density at radius 1 is 1.15 bits per heavy atom. The second-order valence-corrected chi connectivity index (χ2v) is 5.78. The predicted molar refractivity (Wildman–Crippen MR) is 79.0 cm³/mol. The van der Waals surface area contributed by atoms with E-state index in [1.165, 1.54) is 4.90 Å². The minimum Gasteiger partial charge on any atom is -0.444 e. The van der Waals surface area contributed by atoms with Crippen LogP contribution in [0.3, 0.4) is 0 Å². The molecule has 0 heterocycles. The van der Waals surface area contributed by atoms with Crippen LogP contribution in [0.15, 0.2) is 24.3 Å². The molecule has 4 heteroatoms. The van der Waals surface area contributed by atoms with Gasteiger partial charge in [0, 0.05) is 12.1 Å². The van der Waals surface area contributed by atoms with E-state index in [0.29, 0.717) is 12.1 Å². The molecule has 0 saturated heterocycles. The first-order valence-electron chi connectivity index (χ1n) is 6.80. The second kappa shape index (κ2) is 6.55. The molecule has 1 amide bonds. The van der Waals surface area contributed by atoms with Gasteiger partial charge in [-0.25, -0.2) is 4.79 Å². The molecule has 1 rings (SSSR count). The molecule has 4 nitrogen and oxygen atoms in total. The van der Waals surface area contributed by atoms with Crippen molar-refractivity contribution in [2.75, 3.05) is 13.1 Å². The van der Waals surface area contributed by atoms with Gasteiger partial charge in [0.05, 0.1) is 6.54 Å². The van der Waals surface area contributed by atoms with Gasteiger partial charge in [-0.2, -0.15) is 0 Å². The maximum absolute atomic E-state index is 12.1. The van der Waals surface area contributed by atoms with Crippen molar-refractivity contribution in [3.63, 3.8) is 0 Å². The molecule has 0 atom stereocenters. The average molecular weight is 277 g/mol. The lowest BCUT2D eigenvalue weighted by Crippen LogP contribution is -2.39. The Labute approximate surface area is 120 Å². The Balaban J connectivity index is 2.71. The summed E-state index contributed by atoms with van der Waals surface area (Å²) < 4.78 is 5.28. The van der Waals surface area contributed by atoms with Crippen LogP contribution in [0.4, 0.5) is 4.79 Å². The molecule has 110 valence electrons. The summed E-state index contributed by atoms with van der Waals surface area (Å²) in [6, 6.07) is 7.33. The van der Waals surface area contributed by atoms with Crippen LogP contribution in [0.1, 0.15) is 43.6 Å². The zero-order chi connectivity index (χ0) is 15.3. The Morgan fingerprint density at radius 3 is 2.15 bits per heavy atom. The van der Waals surface area contributed by atoms with E-state index >= 15 is 0 Å². The van der Waals surface area contributed by atoms with Gasteiger partial charge >= 0.3 is 6.09 Å². The number of carbonyl (C=O) groups excluding carboxylic acids is 2. The van der Waals surface area contributed by atoms with E-state index in [-0.39, 0.29) is 12.3 Å². The lowest BCUT2D eigenvalue weighted by atomic mass is 10.1. The number of Topliss-reactive ketones (excluding diaryl/α,β-unsaturated/α-hetero) is 1. The standard InChI is InChI=1S/C16H23NO3/c1-6-17(15(19)20-16(3,4)5)11-14(18)13-9-7-12(2)8-10-13/h7-10H,6,11H2,1-5H3. The average Bonchev–Trinajstić information content (AvgIpc) is 2.34. The molecular weight excluding hydrogens is 254 g/mol. The van der Waals surface area contributed by atoms with Crippen LogP contribution >= 0.6 is 0 Å². The highest BCUT2D eigenvalue weighted by molar-refractivity contribution is 5.98. The number of amides is 1. The number of carbonyl (C=O) groups is 2. The van der Waals surface area contributed by atoms with Gasteiger partial charge in [-0.15, -0.1) is 0 Å². The number of nitrogens with zero attached hydrogens (tertiary/aromatic N) is 1. The number of hydrogen-bond acceptors (Lipinski definition) is 3. The van der Waals surface area contributed by atoms with Crippen molar-refractivity contribution in [2.24, 2.45) is 0 Å². The van der Waals surface area contributed by atoms with Crippen molar-refractivity contribution < 1.29 is 14.3 Å². The maximum atomic E-state index is 12.1. The maximum Gasteiger partial charge on any atom is 0.410 e. The van der Waals surface area contributed by atoms with Gasteiger partial charge in [-0.05, 0) is 34.6 Å². The van der Waals surface area contributed by atoms with Gasteiger partial charge < -0.3 is 9.64 Å². The minimum absolute atomic E-state index is 0.0362. The fourth-order valence-electron chi connectivity index (χ4n) is 1.64. The highest BCUT2D eigenvalue weighted by Gasteiger charge is 2.23. The number of ether oxygens (including phenoxy) is 1. The van der Waals surface area contributed by atoms with E-state index in [0.717, 1.165) is 5.56 Å². The summed E-state index contributed by atoms with van der Waals surface area (Å²) in [5.41, 5.74) is 1.15. The second-order valence-electron chi connectivity index (χ2n) is 5.78. The normalized spacial score (nSPS) is 11.1. The lowest BCUT2D eigenvalue weighted by Gasteiger charge is -2.26. The van der Waals surface area contributed by atoms with Crippen LogP contribution in [0.2, 0.25) is 0 Å². The molecule has 0 aliphatic rings. The molecule has 20 heavy (non-hydrogen) atoms. The molecule has 0 unspecified atom stereocenters. The van der Waals surface area contributed by atoms with Crippen molar-refractivity contribution in [1.29, 1.82) is 0 Å². The van der Waals surface area contributed by atoms with Crippen LogP contribution < -0.4 is 0 Å². The number of aryl methyl sites for hydroxylation is 1.